The van der Waals surface area contributed by atoms with Gasteiger partial charge in [0, 0.05) is 10.8 Å². The lowest BCUT2D eigenvalue weighted by atomic mass is 10.0. The van der Waals surface area contributed by atoms with Gasteiger partial charge in [-0.2, -0.15) is 12.6 Å². The SMILES string of the molecule is CCCCCCCCCC(S)c1ccccc1O. The summed E-state index contributed by atoms with van der Waals surface area (Å²) in [5, 5.41) is 9.90. The van der Waals surface area contributed by atoms with Gasteiger partial charge >= 0.3 is 0 Å². The maximum absolute atomic E-state index is 9.73. The Bertz CT molecular complexity index is 325. The van der Waals surface area contributed by atoms with Gasteiger partial charge in [0.2, 0.25) is 0 Å². The van der Waals surface area contributed by atoms with Crippen LogP contribution in [0.3, 0.4) is 0 Å². The first kappa shape index (κ1) is 15.4. The van der Waals surface area contributed by atoms with Crippen LogP contribution in [-0.2, 0) is 0 Å². The molecule has 1 nitrogen and oxygen atoms in total. The molecule has 2 heteroatoms. The van der Waals surface area contributed by atoms with E-state index in [0.717, 1.165) is 12.0 Å². The monoisotopic (exact) mass is 266 g/mol. The third-order valence-corrected chi connectivity index (χ3v) is 3.91. The fourth-order valence-corrected chi connectivity index (χ4v) is 2.62. The molecule has 0 aliphatic carbocycles. The summed E-state index contributed by atoms with van der Waals surface area (Å²) in [6, 6.07) is 7.52. The Morgan fingerprint density at radius 2 is 1.61 bits per heavy atom. The van der Waals surface area contributed by atoms with Gasteiger partial charge in [-0.15, -0.1) is 0 Å². The summed E-state index contributed by atoms with van der Waals surface area (Å²) >= 11 is 4.59. The number of benzene rings is 1. The molecule has 1 unspecified atom stereocenters. The number of hydrogen-bond donors (Lipinski definition) is 2. The number of hydrogen-bond acceptors (Lipinski definition) is 2. The molecule has 1 aromatic carbocycles. The first-order valence-corrected chi connectivity index (χ1v) is 7.73. The van der Waals surface area contributed by atoms with Gasteiger partial charge in [0.25, 0.3) is 0 Å². The molecular formula is C16H26OS. The minimum Gasteiger partial charge on any atom is -0.508 e. The lowest BCUT2D eigenvalue weighted by molar-refractivity contribution is 0.465. The van der Waals surface area contributed by atoms with Gasteiger partial charge in [0.15, 0.2) is 0 Å². The molecule has 1 rings (SSSR count). The number of unbranched alkanes of at least 4 members (excludes halogenated alkanes) is 6. The van der Waals surface area contributed by atoms with Gasteiger partial charge in [0.1, 0.15) is 5.75 Å². The number of aromatic hydroxyl groups is 1. The lowest BCUT2D eigenvalue weighted by Crippen LogP contribution is -1.91. The molecule has 0 saturated carbocycles. The van der Waals surface area contributed by atoms with Gasteiger partial charge < -0.3 is 5.11 Å². The van der Waals surface area contributed by atoms with Crippen LogP contribution in [0.25, 0.3) is 0 Å². The molecule has 0 saturated heterocycles. The highest BCUT2D eigenvalue weighted by Crippen LogP contribution is 2.32. The van der Waals surface area contributed by atoms with Crippen molar-refractivity contribution in [3.05, 3.63) is 29.8 Å². The summed E-state index contributed by atoms with van der Waals surface area (Å²) in [7, 11) is 0. The van der Waals surface area contributed by atoms with Crippen LogP contribution in [0.5, 0.6) is 5.75 Å². The first-order chi connectivity index (χ1) is 8.75. The van der Waals surface area contributed by atoms with Crippen LogP contribution in [0.15, 0.2) is 24.3 Å². The molecule has 0 aliphatic heterocycles. The average Bonchev–Trinajstić information content (AvgIpc) is 2.38. The second-order valence-electron chi connectivity index (χ2n) is 4.98. The number of phenolic OH excluding ortho intramolecular Hbond substituents is 1. The van der Waals surface area contributed by atoms with Crippen LogP contribution >= 0.6 is 12.6 Å². The van der Waals surface area contributed by atoms with E-state index in [1.165, 1.54) is 44.9 Å². The van der Waals surface area contributed by atoms with Crippen LogP contribution in [0.4, 0.5) is 0 Å². The molecule has 0 aliphatic rings. The summed E-state index contributed by atoms with van der Waals surface area (Å²) < 4.78 is 0. The number of para-hydroxylation sites is 1. The van der Waals surface area contributed by atoms with Crippen molar-refractivity contribution >= 4 is 12.6 Å². The van der Waals surface area contributed by atoms with E-state index in [9.17, 15) is 5.11 Å². The van der Waals surface area contributed by atoms with Crippen LogP contribution in [0, 0.1) is 0 Å². The Labute approximate surface area is 117 Å². The standard InChI is InChI=1S/C16H26OS/c1-2-3-4-5-6-7-8-13-16(18)14-11-9-10-12-15(14)17/h9-12,16-18H,2-8,13H2,1H3. The second kappa shape index (κ2) is 9.32. The molecule has 18 heavy (non-hydrogen) atoms. The van der Waals surface area contributed by atoms with Crippen molar-refractivity contribution < 1.29 is 5.11 Å². The average molecular weight is 266 g/mol. The largest absolute Gasteiger partial charge is 0.508 e. The van der Waals surface area contributed by atoms with Crippen LogP contribution in [0.1, 0.15) is 69.1 Å². The molecule has 0 amide bonds. The zero-order chi connectivity index (χ0) is 13.2. The summed E-state index contributed by atoms with van der Waals surface area (Å²) in [6.45, 7) is 2.25. The molecule has 0 spiro atoms. The molecule has 1 atom stereocenters. The van der Waals surface area contributed by atoms with E-state index in [2.05, 4.69) is 19.6 Å². The molecule has 0 bridgehead atoms. The third kappa shape index (κ3) is 5.81. The molecule has 1 aromatic rings. The van der Waals surface area contributed by atoms with Crippen molar-refractivity contribution in [1.82, 2.24) is 0 Å². The van der Waals surface area contributed by atoms with Crippen molar-refractivity contribution in [2.24, 2.45) is 0 Å². The lowest BCUT2D eigenvalue weighted by Gasteiger charge is -2.12. The predicted octanol–water partition coefficient (Wildman–Crippen LogP) is 5.50. The van der Waals surface area contributed by atoms with Crippen molar-refractivity contribution in [3.63, 3.8) is 0 Å². The molecule has 0 fully saturated rings. The van der Waals surface area contributed by atoms with Crippen molar-refractivity contribution in [2.45, 2.75) is 63.5 Å². The molecule has 0 heterocycles. The van der Waals surface area contributed by atoms with E-state index in [1.54, 1.807) is 6.07 Å². The maximum atomic E-state index is 9.73. The van der Waals surface area contributed by atoms with E-state index in [1.807, 2.05) is 18.2 Å². The molecule has 1 N–H and O–H groups in total. The molecule has 0 aromatic heterocycles. The van der Waals surface area contributed by atoms with Crippen LogP contribution < -0.4 is 0 Å². The van der Waals surface area contributed by atoms with E-state index in [4.69, 9.17) is 0 Å². The summed E-state index contributed by atoms with van der Waals surface area (Å²) in [6.07, 6.45) is 10.3. The van der Waals surface area contributed by atoms with Gasteiger partial charge in [0.05, 0.1) is 0 Å². The highest BCUT2D eigenvalue weighted by Gasteiger charge is 2.09. The fourth-order valence-electron chi connectivity index (χ4n) is 2.22. The highest BCUT2D eigenvalue weighted by molar-refractivity contribution is 7.80. The molecule has 0 radical (unpaired) electrons. The van der Waals surface area contributed by atoms with Gasteiger partial charge in [-0.05, 0) is 12.5 Å². The van der Waals surface area contributed by atoms with Crippen molar-refractivity contribution in [1.29, 1.82) is 0 Å². The number of rotatable bonds is 9. The molecule has 102 valence electrons. The molecular weight excluding hydrogens is 240 g/mol. The van der Waals surface area contributed by atoms with E-state index in [-0.39, 0.29) is 5.25 Å². The number of phenols is 1. The van der Waals surface area contributed by atoms with Crippen LogP contribution in [0.2, 0.25) is 0 Å². The summed E-state index contributed by atoms with van der Waals surface area (Å²) in [5.41, 5.74) is 0.965. The normalized spacial score (nSPS) is 12.6. The second-order valence-corrected chi connectivity index (χ2v) is 5.61. The zero-order valence-electron chi connectivity index (χ0n) is 11.4. The van der Waals surface area contributed by atoms with Gasteiger partial charge in [-0.3, -0.25) is 0 Å². The van der Waals surface area contributed by atoms with Gasteiger partial charge in [-0.25, -0.2) is 0 Å². The van der Waals surface area contributed by atoms with E-state index in [0.29, 0.717) is 5.75 Å². The minimum atomic E-state index is 0.168. The first-order valence-electron chi connectivity index (χ1n) is 7.21. The Balaban J connectivity index is 2.14. The quantitative estimate of drug-likeness (QED) is 0.446. The smallest absolute Gasteiger partial charge is 0.119 e. The predicted molar refractivity (Wildman–Crippen MR) is 82.4 cm³/mol. The third-order valence-electron chi connectivity index (χ3n) is 3.38. The topological polar surface area (TPSA) is 20.2 Å². The minimum absolute atomic E-state index is 0.168. The van der Waals surface area contributed by atoms with Crippen LogP contribution in [-0.4, -0.2) is 5.11 Å². The highest BCUT2D eigenvalue weighted by atomic mass is 32.1. The van der Waals surface area contributed by atoms with E-state index < -0.39 is 0 Å². The Hall–Kier alpha value is -0.630. The Morgan fingerprint density at radius 3 is 2.28 bits per heavy atom. The summed E-state index contributed by atoms with van der Waals surface area (Å²) in [4.78, 5) is 0. The van der Waals surface area contributed by atoms with Crippen molar-refractivity contribution in [3.8, 4) is 5.75 Å². The summed E-state index contributed by atoms with van der Waals surface area (Å²) in [5.74, 6) is 0.375. The maximum Gasteiger partial charge on any atom is 0.119 e. The van der Waals surface area contributed by atoms with Crippen molar-refractivity contribution in [2.75, 3.05) is 0 Å². The Morgan fingerprint density at radius 1 is 1.00 bits per heavy atom. The van der Waals surface area contributed by atoms with Gasteiger partial charge in [-0.1, -0.05) is 70.1 Å². The fraction of sp³-hybridized carbons (Fsp3) is 0.625. The van der Waals surface area contributed by atoms with E-state index >= 15 is 0 Å². The number of thiol groups is 1. The zero-order valence-corrected chi connectivity index (χ0v) is 12.3. The Kier molecular flexibility index (Phi) is 7.99.